The first kappa shape index (κ1) is 13.4. The molecule has 1 atom stereocenters. The van der Waals surface area contributed by atoms with Gasteiger partial charge >= 0.3 is 0 Å². The van der Waals surface area contributed by atoms with E-state index < -0.39 is 0 Å². The van der Waals surface area contributed by atoms with E-state index >= 15 is 0 Å². The number of hydrogen-bond acceptors (Lipinski definition) is 5. The third kappa shape index (κ3) is 3.03. The molecule has 1 heterocycles. The molecule has 100 valence electrons. The molecule has 2 rings (SSSR count). The second-order valence-corrected chi connectivity index (χ2v) is 5.05. The molecule has 1 unspecified atom stereocenters. The minimum Gasteiger partial charge on any atom is -0.399 e. The Hall–Kier alpha value is -2.08. The van der Waals surface area contributed by atoms with Gasteiger partial charge in [-0.1, -0.05) is 0 Å². The number of nitrogens with zero attached hydrogens (tertiary/aromatic N) is 1. The Morgan fingerprint density at radius 3 is 2.89 bits per heavy atom. The highest BCUT2D eigenvalue weighted by atomic mass is 32.1. The number of rotatable bonds is 4. The Labute approximate surface area is 115 Å². The van der Waals surface area contributed by atoms with Crippen molar-refractivity contribution in [1.82, 2.24) is 10.3 Å². The number of anilines is 2. The number of benzene rings is 1. The summed E-state index contributed by atoms with van der Waals surface area (Å²) >= 11 is 1.57. The first-order chi connectivity index (χ1) is 9.11. The van der Waals surface area contributed by atoms with Gasteiger partial charge in [0.2, 0.25) is 0 Å². The van der Waals surface area contributed by atoms with E-state index in [0.717, 1.165) is 5.01 Å². The number of nitrogen functional groups attached to an aromatic ring is 1. The smallest absolute Gasteiger partial charge is 0.253 e. The van der Waals surface area contributed by atoms with Crippen LogP contribution in [0, 0.1) is 0 Å². The topological polar surface area (TPSA) is 80.0 Å². The van der Waals surface area contributed by atoms with Gasteiger partial charge in [-0.05, 0) is 25.1 Å². The fourth-order valence-electron chi connectivity index (χ4n) is 1.76. The number of nitrogens with one attached hydrogen (secondary N) is 2. The highest BCUT2D eigenvalue weighted by molar-refractivity contribution is 7.09. The van der Waals surface area contributed by atoms with Gasteiger partial charge in [-0.25, -0.2) is 4.98 Å². The van der Waals surface area contributed by atoms with Crippen molar-refractivity contribution in [1.29, 1.82) is 0 Å². The van der Waals surface area contributed by atoms with Gasteiger partial charge in [0.05, 0.1) is 11.6 Å². The van der Waals surface area contributed by atoms with Crippen molar-refractivity contribution in [2.75, 3.05) is 18.1 Å². The Bertz CT molecular complexity index is 568. The molecule has 0 spiro atoms. The predicted molar refractivity (Wildman–Crippen MR) is 78.4 cm³/mol. The quantitative estimate of drug-likeness (QED) is 0.748. The summed E-state index contributed by atoms with van der Waals surface area (Å²) in [4.78, 5) is 16.1. The number of carbonyl (C=O) groups is 1. The molecular formula is C13H16N4OS. The zero-order valence-electron chi connectivity index (χ0n) is 10.8. The molecule has 1 aromatic carbocycles. The van der Waals surface area contributed by atoms with Gasteiger partial charge < -0.3 is 16.4 Å². The molecular weight excluding hydrogens is 260 g/mol. The van der Waals surface area contributed by atoms with E-state index in [9.17, 15) is 4.79 Å². The monoisotopic (exact) mass is 276 g/mol. The van der Waals surface area contributed by atoms with E-state index in [-0.39, 0.29) is 11.9 Å². The first-order valence-electron chi connectivity index (χ1n) is 5.89. The highest BCUT2D eigenvalue weighted by Gasteiger charge is 2.14. The van der Waals surface area contributed by atoms with Crippen molar-refractivity contribution in [2.45, 2.75) is 13.0 Å². The average Bonchev–Trinajstić information content (AvgIpc) is 2.92. The summed E-state index contributed by atoms with van der Waals surface area (Å²) in [5.41, 5.74) is 7.67. The van der Waals surface area contributed by atoms with Crippen molar-refractivity contribution < 1.29 is 4.79 Å². The van der Waals surface area contributed by atoms with Crippen LogP contribution in [-0.2, 0) is 0 Å². The van der Waals surface area contributed by atoms with Crippen LogP contribution in [0.1, 0.15) is 28.3 Å². The highest BCUT2D eigenvalue weighted by Crippen LogP contribution is 2.25. The van der Waals surface area contributed by atoms with Gasteiger partial charge in [0.15, 0.2) is 0 Å². The molecule has 0 aliphatic carbocycles. The average molecular weight is 276 g/mol. The molecule has 2 aromatic rings. The number of hydrogen-bond donors (Lipinski definition) is 3. The van der Waals surface area contributed by atoms with Crippen molar-refractivity contribution in [3.8, 4) is 0 Å². The summed E-state index contributed by atoms with van der Waals surface area (Å²) in [6.45, 7) is 2.00. The molecule has 6 heteroatoms. The minimum atomic E-state index is -0.145. The fraction of sp³-hybridized carbons (Fsp3) is 0.231. The van der Waals surface area contributed by atoms with E-state index in [2.05, 4.69) is 15.6 Å². The van der Waals surface area contributed by atoms with Gasteiger partial charge in [-0.3, -0.25) is 4.79 Å². The van der Waals surface area contributed by atoms with Gasteiger partial charge in [0, 0.05) is 30.0 Å². The van der Waals surface area contributed by atoms with E-state index in [1.807, 2.05) is 12.3 Å². The molecule has 0 radical (unpaired) electrons. The normalized spacial score (nSPS) is 11.9. The number of aromatic nitrogens is 1. The summed E-state index contributed by atoms with van der Waals surface area (Å²) in [5, 5.41) is 8.78. The van der Waals surface area contributed by atoms with Crippen molar-refractivity contribution in [2.24, 2.45) is 0 Å². The number of nitrogens with two attached hydrogens (primary N) is 1. The van der Waals surface area contributed by atoms with Crippen LogP contribution in [0.3, 0.4) is 0 Å². The molecule has 0 aliphatic rings. The maximum atomic E-state index is 11.8. The van der Waals surface area contributed by atoms with Crippen LogP contribution in [0.2, 0.25) is 0 Å². The minimum absolute atomic E-state index is 0.0187. The summed E-state index contributed by atoms with van der Waals surface area (Å²) in [6, 6.07) is 5.20. The molecule has 0 aliphatic heterocycles. The van der Waals surface area contributed by atoms with Crippen LogP contribution >= 0.6 is 11.3 Å². The molecule has 0 saturated heterocycles. The summed E-state index contributed by atoms with van der Waals surface area (Å²) < 4.78 is 0. The van der Waals surface area contributed by atoms with Crippen LogP contribution < -0.4 is 16.4 Å². The van der Waals surface area contributed by atoms with Gasteiger partial charge in [0.1, 0.15) is 5.01 Å². The van der Waals surface area contributed by atoms with Gasteiger partial charge in [-0.15, -0.1) is 11.3 Å². The molecule has 0 saturated carbocycles. The molecule has 0 bridgehead atoms. The third-order valence-corrected chi connectivity index (χ3v) is 3.67. The molecule has 4 N–H and O–H groups in total. The summed E-state index contributed by atoms with van der Waals surface area (Å²) in [5.74, 6) is -0.145. The lowest BCUT2D eigenvalue weighted by Gasteiger charge is -2.16. The van der Waals surface area contributed by atoms with Crippen LogP contribution in [0.4, 0.5) is 11.4 Å². The predicted octanol–water partition coefficient (Wildman–Crippen LogP) is 2.26. The number of carbonyl (C=O) groups excluding carboxylic acids is 1. The third-order valence-electron chi connectivity index (χ3n) is 2.71. The number of thiazole rings is 1. The van der Waals surface area contributed by atoms with Crippen LogP contribution in [0.5, 0.6) is 0 Å². The van der Waals surface area contributed by atoms with E-state index in [1.54, 1.807) is 42.8 Å². The first-order valence-corrected chi connectivity index (χ1v) is 6.77. The standard InChI is InChI=1S/C13H16N4OS/c1-8(13-16-5-6-19-13)17-11-7-9(14)3-4-10(11)12(18)15-2/h3-8,17H,14H2,1-2H3,(H,15,18). The second-order valence-electron chi connectivity index (χ2n) is 4.12. The number of amides is 1. The van der Waals surface area contributed by atoms with Crippen LogP contribution in [-0.4, -0.2) is 17.9 Å². The van der Waals surface area contributed by atoms with Crippen molar-refractivity contribution in [3.05, 3.63) is 40.3 Å². The SMILES string of the molecule is CNC(=O)c1ccc(N)cc1NC(C)c1nccs1. The summed E-state index contributed by atoms with van der Waals surface area (Å²) in [7, 11) is 1.60. The maximum Gasteiger partial charge on any atom is 0.253 e. The van der Waals surface area contributed by atoms with Crippen LogP contribution in [0.15, 0.2) is 29.8 Å². The lowest BCUT2D eigenvalue weighted by molar-refractivity contribution is 0.0964. The van der Waals surface area contributed by atoms with Crippen molar-refractivity contribution >= 4 is 28.6 Å². The lowest BCUT2D eigenvalue weighted by atomic mass is 10.1. The van der Waals surface area contributed by atoms with E-state index in [0.29, 0.717) is 16.9 Å². The molecule has 1 amide bonds. The van der Waals surface area contributed by atoms with Crippen LogP contribution in [0.25, 0.3) is 0 Å². The lowest BCUT2D eigenvalue weighted by Crippen LogP contribution is -2.20. The fourth-order valence-corrected chi connectivity index (χ4v) is 2.40. The molecule has 0 fully saturated rings. The summed E-state index contributed by atoms with van der Waals surface area (Å²) in [6.07, 6.45) is 1.76. The zero-order chi connectivity index (χ0) is 13.8. The molecule has 19 heavy (non-hydrogen) atoms. The Kier molecular flexibility index (Phi) is 4.01. The molecule has 5 nitrogen and oxygen atoms in total. The zero-order valence-corrected chi connectivity index (χ0v) is 11.6. The Balaban J connectivity index is 2.28. The van der Waals surface area contributed by atoms with E-state index in [4.69, 9.17) is 5.73 Å². The van der Waals surface area contributed by atoms with E-state index in [1.165, 1.54) is 0 Å². The Morgan fingerprint density at radius 1 is 1.47 bits per heavy atom. The Morgan fingerprint density at radius 2 is 2.26 bits per heavy atom. The van der Waals surface area contributed by atoms with Gasteiger partial charge in [-0.2, -0.15) is 0 Å². The molecule has 1 aromatic heterocycles. The largest absolute Gasteiger partial charge is 0.399 e. The maximum absolute atomic E-state index is 11.8. The van der Waals surface area contributed by atoms with Gasteiger partial charge in [0.25, 0.3) is 5.91 Å². The second kappa shape index (κ2) is 5.71. The van der Waals surface area contributed by atoms with Crippen molar-refractivity contribution in [3.63, 3.8) is 0 Å².